The number of thiophene rings is 1. The average molecular weight is 469 g/mol. The van der Waals surface area contributed by atoms with Gasteiger partial charge in [0.05, 0.1) is 13.2 Å². The molecule has 0 bridgehead atoms. The zero-order valence-corrected chi connectivity index (χ0v) is 20.7. The van der Waals surface area contributed by atoms with E-state index in [1.54, 1.807) is 29.4 Å². The van der Waals surface area contributed by atoms with Crippen molar-refractivity contribution < 1.29 is 14.3 Å². The zero-order chi connectivity index (χ0) is 23.6. The molecule has 2 amide bonds. The number of nitrogens with zero attached hydrogens (tertiary/aromatic N) is 2. The summed E-state index contributed by atoms with van der Waals surface area (Å²) in [7, 11) is 1.65. The summed E-state index contributed by atoms with van der Waals surface area (Å²) in [6.07, 6.45) is 8.51. The van der Waals surface area contributed by atoms with E-state index in [0.29, 0.717) is 19.5 Å². The van der Waals surface area contributed by atoms with Crippen LogP contribution in [0.15, 0.2) is 48.4 Å². The van der Waals surface area contributed by atoms with Gasteiger partial charge in [-0.1, -0.05) is 50.8 Å². The Labute approximate surface area is 202 Å². The van der Waals surface area contributed by atoms with Crippen molar-refractivity contribution in [2.24, 2.45) is 0 Å². The highest BCUT2D eigenvalue weighted by Gasteiger charge is 2.33. The lowest BCUT2D eigenvalue weighted by atomic mass is 9.93. The molecule has 2 heterocycles. The summed E-state index contributed by atoms with van der Waals surface area (Å²) in [5, 5.41) is 2.10. The van der Waals surface area contributed by atoms with Gasteiger partial charge in [-0.25, -0.2) is 0 Å². The number of fused-ring (bicyclic) bond motifs is 1. The summed E-state index contributed by atoms with van der Waals surface area (Å²) in [5.41, 5.74) is 2.24. The van der Waals surface area contributed by atoms with Crippen LogP contribution in [-0.2, 0) is 16.0 Å². The number of hydrogen-bond acceptors (Lipinski definition) is 4. The maximum atomic E-state index is 13.5. The second-order valence-electron chi connectivity index (χ2n) is 8.54. The van der Waals surface area contributed by atoms with E-state index >= 15 is 0 Å². The van der Waals surface area contributed by atoms with Gasteiger partial charge in [-0.05, 0) is 47.5 Å². The predicted octanol–water partition coefficient (Wildman–Crippen LogP) is 5.61. The third-order valence-electron chi connectivity index (χ3n) is 6.24. The number of benzene rings is 1. The second kappa shape index (κ2) is 12.6. The molecular weight excluding hydrogens is 432 g/mol. The van der Waals surface area contributed by atoms with Gasteiger partial charge in [0.15, 0.2) is 0 Å². The highest BCUT2D eigenvalue weighted by Crippen LogP contribution is 2.38. The van der Waals surface area contributed by atoms with Crippen LogP contribution in [0.5, 0.6) is 5.75 Å². The molecule has 1 unspecified atom stereocenters. The van der Waals surface area contributed by atoms with Gasteiger partial charge >= 0.3 is 0 Å². The van der Waals surface area contributed by atoms with Crippen molar-refractivity contribution in [3.63, 3.8) is 0 Å². The molecule has 0 saturated heterocycles. The fourth-order valence-corrected chi connectivity index (χ4v) is 5.34. The average Bonchev–Trinajstić information content (AvgIpc) is 3.32. The van der Waals surface area contributed by atoms with Crippen LogP contribution in [0.25, 0.3) is 0 Å². The van der Waals surface area contributed by atoms with Gasteiger partial charge in [-0.15, -0.1) is 17.9 Å². The Balaban J connectivity index is 1.73. The normalized spacial score (nSPS) is 15.1. The Kier molecular flexibility index (Phi) is 9.55. The van der Waals surface area contributed by atoms with Crippen LogP contribution in [-0.4, -0.2) is 48.4 Å². The van der Waals surface area contributed by atoms with Gasteiger partial charge in [-0.2, -0.15) is 0 Å². The van der Waals surface area contributed by atoms with Crippen molar-refractivity contribution in [1.29, 1.82) is 0 Å². The molecule has 0 radical (unpaired) electrons. The SMILES string of the molecule is C=CCN(CC(=O)N1CCc2sccc2C1c1ccc(OC)cc1)C(=O)CCCCCCC. The van der Waals surface area contributed by atoms with Crippen molar-refractivity contribution in [3.05, 3.63) is 64.4 Å². The first-order valence-corrected chi connectivity index (χ1v) is 12.8. The van der Waals surface area contributed by atoms with Crippen molar-refractivity contribution in [3.8, 4) is 5.75 Å². The van der Waals surface area contributed by atoms with Crippen molar-refractivity contribution in [2.45, 2.75) is 57.9 Å². The third kappa shape index (κ3) is 6.47. The quantitative estimate of drug-likeness (QED) is 0.301. The van der Waals surface area contributed by atoms with Gasteiger partial charge in [0.2, 0.25) is 11.8 Å². The van der Waals surface area contributed by atoms with Crippen LogP contribution in [0.2, 0.25) is 0 Å². The van der Waals surface area contributed by atoms with Crippen LogP contribution in [0.3, 0.4) is 0 Å². The minimum atomic E-state index is -0.145. The smallest absolute Gasteiger partial charge is 0.243 e. The largest absolute Gasteiger partial charge is 0.497 e. The standard InChI is InChI=1S/C27H36N2O3S/c1-4-6-7-8-9-10-25(30)28(17-5-2)20-26(31)29-18-15-24-23(16-19-33-24)27(29)21-11-13-22(32-3)14-12-21/h5,11-14,16,19,27H,2,4,6-10,15,17-18,20H2,1,3H3. The molecule has 1 aromatic heterocycles. The molecule has 0 N–H and O–H groups in total. The molecule has 0 spiro atoms. The zero-order valence-electron chi connectivity index (χ0n) is 19.9. The predicted molar refractivity (Wildman–Crippen MR) is 135 cm³/mol. The molecular formula is C27H36N2O3S. The molecule has 1 aliphatic heterocycles. The minimum Gasteiger partial charge on any atom is -0.497 e. The van der Waals surface area contributed by atoms with E-state index in [9.17, 15) is 9.59 Å². The van der Waals surface area contributed by atoms with Gasteiger partial charge in [0.25, 0.3) is 0 Å². The van der Waals surface area contributed by atoms with Gasteiger partial charge in [-0.3, -0.25) is 9.59 Å². The maximum Gasteiger partial charge on any atom is 0.243 e. The molecule has 2 aromatic rings. The number of unbranched alkanes of at least 4 members (excludes halogenated alkanes) is 4. The highest BCUT2D eigenvalue weighted by molar-refractivity contribution is 7.10. The first kappa shape index (κ1) is 25.0. The van der Waals surface area contributed by atoms with Gasteiger partial charge in [0, 0.05) is 24.4 Å². The van der Waals surface area contributed by atoms with E-state index in [-0.39, 0.29) is 24.4 Å². The first-order valence-electron chi connectivity index (χ1n) is 12.0. The summed E-state index contributed by atoms with van der Waals surface area (Å²) in [6, 6.07) is 9.90. The Morgan fingerprint density at radius 2 is 1.94 bits per heavy atom. The molecule has 178 valence electrons. The Hall–Kier alpha value is -2.60. The van der Waals surface area contributed by atoms with Crippen LogP contribution in [0, 0.1) is 0 Å². The fraction of sp³-hybridized carbons (Fsp3) is 0.481. The van der Waals surface area contributed by atoms with Gasteiger partial charge < -0.3 is 14.5 Å². The summed E-state index contributed by atoms with van der Waals surface area (Å²) in [4.78, 5) is 31.3. The topological polar surface area (TPSA) is 49.9 Å². The van der Waals surface area contributed by atoms with Crippen LogP contribution >= 0.6 is 11.3 Å². The molecule has 1 aliphatic rings. The lowest BCUT2D eigenvalue weighted by molar-refractivity contribution is -0.141. The number of carbonyl (C=O) groups excluding carboxylic acids is 2. The number of hydrogen-bond donors (Lipinski definition) is 0. The molecule has 1 atom stereocenters. The second-order valence-corrected chi connectivity index (χ2v) is 9.54. The number of ether oxygens (including phenoxy) is 1. The van der Waals surface area contributed by atoms with Crippen molar-refractivity contribution in [2.75, 3.05) is 26.7 Å². The summed E-state index contributed by atoms with van der Waals surface area (Å²) < 4.78 is 5.31. The highest BCUT2D eigenvalue weighted by atomic mass is 32.1. The van der Waals surface area contributed by atoms with E-state index in [4.69, 9.17) is 4.74 Å². The molecule has 3 rings (SSSR count). The molecule has 5 nitrogen and oxygen atoms in total. The molecule has 1 aromatic carbocycles. The summed E-state index contributed by atoms with van der Waals surface area (Å²) >= 11 is 1.75. The lowest BCUT2D eigenvalue weighted by Crippen LogP contribution is -2.46. The van der Waals surface area contributed by atoms with E-state index in [0.717, 1.165) is 37.0 Å². The number of amides is 2. The Morgan fingerprint density at radius 3 is 2.64 bits per heavy atom. The third-order valence-corrected chi connectivity index (χ3v) is 7.24. The summed E-state index contributed by atoms with van der Waals surface area (Å²) in [5.74, 6) is 0.808. The van der Waals surface area contributed by atoms with Crippen molar-refractivity contribution in [1.82, 2.24) is 9.80 Å². The monoisotopic (exact) mass is 468 g/mol. The maximum absolute atomic E-state index is 13.5. The van der Waals surface area contributed by atoms with Crippen LogP contribution in [0.1, 0.15) is 67.5 Å². The van der Waals surface area contributed by atoms with Gasteiger partial charge in [0.1, 0.15) is 12.3 Å². The Bertz CT molecular complexity index is 922. The fourth-order valence-electron chi connectivity index (χ4n) is 4.43. The number of methoxy groups -OCH3 is 1. The molecule has 33 heavy (non-hydrogen) atoms. The van der Waals surface area contributed by atoms with E-state index in [1.807, 2.05) is 29.2 Å². The van der Waals surface area contributed by atoms with E-state index in [2.05, 4.69) is 24.9 Å². The number of carbonyl (C=O) groups is 2. The number of rotatable bonds is 12. The molecule has 0 fully saturated rings. The first-order chi connectivity index (χ1) is 16.1. The summed E-state index contributed by atoms with van der Waals surface area (Å²) in [6.45, 7) is 7.11. The molecule has 6 heteroatoms. The minimum absolute atomic E-state index is 0.0196. The lowest BCUT2D eigenvalue weighted by Gasteiger charge is -2.37. The van der Waals surface area contributed by atoms with Crippen LogP contribution < -0.4 is 4.74 Å². The molecule has 0 saturated carbocycles. The van der Waals surface area contributed by atoms with Crippen LogP contribution in [0.4, 0.5) is 0 Å². The van der Waals surface area contributed by atoms with Crippen molar-refractivity contribution >= 4 is 23.2 Å². The van der Waals surface area contributed by atoms with E-state index in [1.165, 1.54) is 23.3 Å². The van der Waals surface area contributed by atoms with E-state index < -0.39 is 0 Å². The molecule has 0 aliphatic carbocycles. The Morgan fingerprint density at radius 1 is 1.18 bits per heavy atom.